The molecule has 48 heavy (non-hydrogen) atoms. The third kappa shape index (κ3) is 6.13. The van der Waals surface area contributed by atoms with Gasteiger partial charge in [0.15, 0.2) is 0 Å². The second-order valence-electron chi connectivity index (χ2n) is 11.8. The van der Waals surface area contributed by atoms with E-state index in [1.165, 1.54) is 21.5 Å². The third-order valence-corrected chi connectivity index (χ3v) is 9.74. The zero-order valence-electron chi connectivity index (χ0n) is 25.7. The summed E-state index contributed by atoms with van der Waals surface area (Å²) in [6.07, 6.45) is 5.11. The molecule has 2 aromatic heterocycles. The molecule has 0 bridgehead atoms. The Balaban J connectivity index is 1.27. The Bertz CT molecular complexity index is 2100. The highest BCUT2D eigenvalue weighted by molar-refractivity contribution is 9.10. The molecule has 13 heteroatoms. The molecule has 1 fully saturated rings. The van der Waals surface area contributed by atoms with Gasteiger partial charge in [-0.15, -0.1) is 0 Å². The van der Waals surface area contributed by atoms with Gasteiger partial charge in [-0.25, -0.2) is 19.2 Å². The fraction of sp³-hybridized carbons (Fsp3) is 0.229. The maximum Gasteiger partial charge on any atom is 0.333 e. The number of rotatable bonds is 8. The quantitative estimate of drug-likeness (QED) is 0.205. The van der Waals surface area contributed by atoms with E-state index < -0.39 is 17.4 Å². The van der Waals surface area contributed by atoms with Crippen LogP contribution in [-0.2, 0) is 19.6 Å². The molecule has 10 nitrogen and oxygen atoms in total. The first-order valence-corrected chi connectivity index (χ1v) is 16.6. The third-order valence-electron chi connectivity index (χ3n) is 8.51. The molecular weight excluding hydrogens is 703 g/mol. The van der Waals surface area contributed by atoms with Crippen molar-refractivity contribution >= 4 is 39.3 Å². The van der Waals surface area contributed by atoms with Crippen LogP contribution in [0.3, 0.4) is 0 Å². The summed E-state index contributed by atoms with van der Waals surface area (Å²) in [6.45, 7) is 1.80. The summed E-state index contributed by atoms with van der Waals surface area (Å²) in [7, 11) is 0. The Morgan fingerprint density at radius 3 is 2.60 bits per heavy atom. The van der Waals surface area contributed by atoms with Crippen molar-refractivity contribution in [1.82, 2.24) is 29.3 Å². The van der Waals surface area contributed by atoms with E-state index in [1.807, 2.05) is 6.92 Å². The number of ether oxygens (including phenoxy) is 1. The Morgan fingerprint density at radius 1 is 1.10 bits per heavy atom. The van der Waals surface area contributed by atoms with Crippen molar-refractivity contribution in [3.05, 3.63) is 128 Å². The van der Waals surface area contributed by atoms with Gasteiger partial charge in [0, 0.05) is 46.5 Å². The number of nitrogens with one attached hydrogen (secondary N) is 1. The number of amides is 2. The lowest BCUT2D eigenvalue weighted by atomic mass is 10.0. The summed E-state index contributed by atoms with van der Waals surface area (Å²) < 4.78 is 24.6. The predicted octanol–water partition coefficient (Wildman–Crippen LogP) is 6.17. The number of benzene rings is 3. The number of halogens is 3. The molecule has 1 aliphatic heterocycles. The van der Waals surface area contributed by atoms with Gasteiger partial charge in [0.2, 0.25) is 0 Å². The number of carbonyl (C=O) groups is 2. The Labute approximate surface area is 288 Å². The molecule has 1 aliphatic carbocycles. The standard InChI is InChI=1S/C35H29BrClFN6O4/c1-20-17-43-31(18-42(20)34(46)21-5-12-27(36)28(37)15-21)32(44(35(43)47)22-6-8-23(9-7-22)48-24-10-11-24)33(45)40-16-26-25(3-2-4-29(26)38)30-13-14-39-19-41-30/h2-9,12-15,19-20,24H,10-11,16-18H2,1H3,(H,40,45)/t20-/m0/s1. The van der Waals surface area contributed by atoms with Crippen molar-refractivity contribution in [3.63, 3.8) is 0 Å². The molecule has 7 rings (SSSR count). The number of fused-ring (bicyclic) bond motifs is 1. The van der Waals surface area contributed by atoms with E-state index in [9.17, 15) is 14.4 Å². The molecule has 3 heterocycles. The molecule has 0 saturated heterocycles. The van der Waals surface area contributed by atoms with Crippen LogP contribution in [0.5, 0.6) is 5.75 Å². The Morgan fingerprint density at radius 2 is 1.90 bits per heavy atom. The van der Waals surface area contributed by atoms with Crippen LogP contribution in [0.15, 0.2) is 88.5 Å². The monoisotopic (exact) mass is 730 g/mol. The first kappa shape index (κ1) is 31.8. The van der Waals surface area contributed by atoms with Gasteiger partial charge < -0.3 is 15.0 Å². The molecule has 3 aromatic carbocycles. The fourth-order valence-electron chi connectivity index (χ4n) is 5.89. The normalized spacial score (nSPS) is 15.6. The highest BCUT2D eigenvalue weighted by Crippen LogP contribution is 2.30. The molecule has 0 unspecified atom stereocenters. The second kappa shape index (κ2) is 13.0. The summed E-state index contributed by atoms with van der Waals surface area (Å²) in [4.78, 5) is 51.8. The SMILES string of the molecule is C[C@H]1Cn2c(c(C(=O)NCc3c(F)cccc3-c3ccncn3)n(-c3ccc(OC4CC4)cc3)c2=O)CN1C(=O)c1ccc(Br)c(Cl)c1. The zero-order chi connectivity index (χ0) is 33.5. The molecule has 1 atom stereocenters. The zero-order valence-corrected chi connectivity index (χ0v) is 28.0. The van der Waals surface area contributed by atoms with Gasteiger partial charge in [0.25, 0.3) is 11.8 Å². The molecule has 2 aliphatic rings. The first-order chi connectivity index (χ1) is 23.2. The second-order valence-corrected chi connectivity index (χ2v) is 13.1. The number of nitrogens with zero attached hydrogens (tertiary/aromatic N) is 5. The lowest BCUT2D eigenvalue weighted by Gasteiger charge is -2.34. The molecule has 5 aromatic rings. The van der Waals surface area contributed by atoms with Crippen molar-refractivity contribution < 1.29 is 18.7 Å². The van der Waals surface area contributed by atoms with Crippen molar-refractivity contribution in [2.75, 3.05) is 0 Å². The number of hydrogen-bond donors (Lipinski definition) is 1. The molecule has 0 spiro atoms. The van der Waals surface area contributed by atoms with Crippen LogP contribution in [0.25, 0.3) is 16.9 Å². The first-order valence-electron chi connectivity index (χ1n) is 15.4. The summed E-state index contributed by atoms with van der Waals surface area (Å²) >= 11 is 9.66. The minimum absolute atomic E-state index is 0.0204. The minimum Gasteiger partial charge on any atom is -0.490 e. The summed E-state index contributed by atoms with van der Waals surface area (Å²) in [5.41, 5.74) is 2.03. The van der Waals surface area contributed by atoms with E-state index in [4.69, 9.17) is 16.3 Å². The van der Waals surface area contributed by atoms with Gasteiger partial charge in [-0.05, 0) is 90.3 Å². The van der Waals surface area contributed by atoms with E-state index >= 15 is 4.39 Å². The van der Waals surface area contributed by atoms with E-state index in [2.05, 4.69) is 31.2 Å². The fourth-order valence-corrected chi connectivity index (χ4v) is 6.32. The largest absolute Gasteiger partial charge is 0.490 e. The van der Waals surface area contributed by atoms with Gasteiger partial charge in [-0.3, -0.25) is 18.7 Å². The van der Waals surface area contributed by atoms with Crippen molar-refractivity contribution in [3.8, 4) is 22.7 Å². The van der Waals surface area contributed by atoms with Crippen molar-refractivity contribution in [1.29, 1.82) is 0 Å². The van der Waals surface area contributed by atoms with Crippen LogP contribution in [0.4, 0.5) is 4.39 Å². The smallest absolute Gasteiger partial charge is 0.333 e. The van der Waals surface area contributed by atoms with Gasteiger partial charge in [-0.2, -0.15) is 0 Å². The van der Waals surface area contributed by atoms with Crippen LogP contribution >= 0.6 is 27.5 Å². The van der Waals surface area contributed by atoms with Gasteiger partial charge >= 0.3 is 5.69 Å². The van der Waals surface area contributed by atoms with Crippen LogP contribution in [-0.4, -0.2) is 48.0 Å². The Kier molecular flexibility index (Phi) is 8.61. The van der Waals surface area contributed by atoms with E-state index in [0.717, 1.165) is 12.8 Å². The topological polar surface area (TPSA) is 111 Å². The number of imidazole rings is 1. The van der Waals surface area contributed by atoms with Crippen molar-refractivity contribution in [2.45, 2.75) is 51.5 Å². The maximum atomic E-state index is 15.2. The minimum atomic E-state index is -0.607. The lowest BCUT2D eigenvalue weighted by molar-refractivity contribution is 0.0610. The Hall–Kier alpha value is -4.81. The van der Waals surface area contributed by atoms with Crippen molar-refractivity contribution in [2.24, 2.45) is 0 Å². The van der Waals surface area contributed by atoms with Crippen LogP contribution in [0, 0.1) is 5.82 Å². The summed E-state index contributed by atoms with van der Waals surface area (Å²) in [6, 6.07) is 17.8. The molecular formula is C35H29BrClFN6O4. The highest BCUT2D eigenvalue weighted by Gasteiger charge is 2.35. The van der Waals surface area contributed by atoms with E-state index in [0.29, 0.717) is 43.4 Å². The number of hydrogen-bond acceptors (Lipinski definition) is 6. The van der Waals surface area contributed by atoms with Gasteiger partial charge in [0.05, 0.1) is 34.7 Å². The average Bonchev–Trinajstić information content (AvgIpc) is 3.87. The van der Waals surface area contributed by atoms with Crippen LogP contribution in [0.2, 0.25) is 5.02 Å². The van der Waals surface area contributed by atoms with E-state index in [1.54, 1.807) is 71.8 Å². The summed E-state index contributed by atoms with van der Waals surface area (Å²) in [5, 5.41) is 3.23. The molecule has 1 saturated carbocycles. The number of carbonyl (C=O) groups excluding carboxylic acids is 2. The predicted molar refractivity (Wildman–Crippen MR) is 181 cm³/mol. The average molecular weight is 732 g/mol. The maximum absolute atomic E-state index is 15.2. The van der Waals surface area contributed by atoms with E-state index in [-0.39, 0.29) is 48.9 Å². The molecule has 1 N–H and O–H groups in total. The highest BCUT2D eigenvalue weighted by atomic mass is 79.9. The van der Waals surface area contributed by atoms with Gasteiger partial charge in [-0.1, -0.05) is 23.7 Å². The van der Waals surface area contributed by atoms with Gasteiger partial charge in [0.1, 0.15) is 23.6 Å². The molecule has 2 amide bonds. The molecule has 0 radical (unpaired) electrons. The lowest BCUT2D eigenvalue weighted by Crippen LogP contribution is -2.47. The summed E-state index contributed by atoms with van der Waals surface area (Å²) in [5.74, 6) is -0.755. The van der Waals surface area contributed by atoms with Crippen LogP contribution < -0.4 is 15.7 Å². The molecule has 244 valence electrons. The number of aromatic nitrogens is 4. The van der Waals surface area contributed by atoms with Crippen LogP contribution in [0.1, 0.15) is 51.9 Å².